The molecule has 1 aliphatic rings. The van der Waals surface area contributed by atoms with Crippen LogP contribution in [0.4, 0.5) is 0 Å². The Balaban J connectivity index is 1.96. The predicted molar refractivity (Wildman–Crippen MR) is 82.9 cm³/mol. The van der Waals surface area contributed by atoms with Crippen LogP contribution in [0.5, 0.6) is 0 Å². The highest BCUT2D eigenvalue weighted by atomic mass is 16.2. The van der Waals surface area contributed by atoms with E-state index in [2.05, 4.69) is 15.2 Å². The van der Waals surface area contributed by atoms with E-state index in [0.717, 1.165) is 35.5 Å². The lowest BCUT2D eigenvalue weighted by molar-refractivity contribution is 0.0733. The number of aryl methyl sites for hydroxylation is 3. The highest BCUT2D eigenvalue weighted by Gasteiger charge is 2.34. The Bertz CT molecular complexity index is 755. The third-order valence-electron chi connectivity index (χ3n) is 4.32. The van der Waals surface area contributed by atoms with Gasteiger partial charge in [-0.15, -0.1) is 0 Å². The maximum atomic E-state index is 12.8. The molecule has 3 heterocycles. The molecular weight excluding hydrogens is 280 g/mol. The first-order chi connectivity index (χ1) is 10.5. The van der Waals surface area contributed by atoms with E-state index >= 15 is 0 Å². The van der Waals surface area contributed by atoms with Crippen molar-refractivity contribution in [2.24, 2.45) is 0 Å². The Labute approximate surface area is 128 Å². The SMILES string of the molecule is Cc1cc(=O)c(C(=O)N2CCCC2c2c(C)n[nH]c2C)c[nH]1. The Morgan fingerprint density at radius 1 is 1.36 bits per heavy atom. The molecule has 0 radical (unpaired) electrons. The van der Waals surface area contributed by atoms with E-state index in [1.165, 1.54) is 12.3 Å². The summed E-state index contributed by atoms with van der Waals surface area (Å²) in [4.78, 5) is 29.6. The van der Waals surface area contributed by atoms with Gasteiger partial charge in [-0.25, -0.2) is 0 Å². The van der Waals surface area contributed by atoms with Crippen LogP contribution < -0.4 is 5.43 Å². The second-order valence-electron chi connectivity index (χ2n) is 5.90. The topological polar surface area (TPSA) is 81.8 Å². The van der Waals surface area contributed by atoms with Crippen molar-refractivity contribution in [3.05, 3.63) is 50.7 Å². The number of rotatable bonds is 2. The van der Waals surface area contributed by atoms with Gasteiger partial charge < -0.3 is 9.88 Å². The van der Waals surface area contributed by atoms with Crippen LogP contribution in [-0.4, -0.2) is 32.5 Å². The number of aromatic amines is 2. The fourth-order valence-corrected chi connectivity index (χ4v) is 3.26. The number of carbonyl (C=O) groups excluding carboxylic acids is 1. The van der Waals surface area contributed by atoms with E-state index < -0.39 is 0 Å². The molecule has 0 spiro atoms. The first kappa shape index (κ1) is 14.6. The van der Waals surface area contributed by atoms with Crippen LogP contribution >= 0.6 is 0 Å². The minimum atomic E-state index is -0.229. The molecule has 0 aromatic carbocycles. The number of aromatic nitrogens is 3. The van der Waals surface area contributed by atoms with Crippen molar-refractivity contribution in [3.8, 4) is 0 Å². The fraction of sp³-hybridized carbons (Fsp3) is 0.438. The molecule has 0 bridgehead atoms. The van der Waals surface area contributed by atoms with Gasteiger partial charge in [0.1, 0.15) is 5.56 Å². The Kier molecular flexibility index (Phi) is 3.60. The number of pyridine rings is 1. The molecule has 1 fully saturated rings. The quantitative estimate of drug-likeness (QED) is 0.890. The molecule has 116 valence electrons. The first-order valence-corrected chi connectivity index (χ1v) is 7.51. The summed E-state index contributed by atoms with van der Waals surface area (Å²) in [7, 11) is 0. The van der Waals surface area contributed by atoms with Gasteiger partial charge in [-0.05, 0) is 33.6 Å². The third kappa shape index (κ3) is 2.34. The van der Waals surface area contributed by atoms with Gasteiger partial charge >= 0.3 is 0 Å². The molecular formula is C16H20N4O2. The monoisotopic (exact) mass is 300 g/mol. The van der Waals surface area contributed by atoms with Gasteiger partial charge in [-0.1, -0.05) is 0 Å². The van der Waals surface area contributed by atoms with Gasteiger partial charge in [-0.3, -0.25) is 14.7 Å². The van der Waals surface area contributed by atoms with E-state index in [0.29, 0.717) is 6.54 Å². The second-order valence-corrected chi connectivity index (χ2v) is 5.90. The average molecular weight is 300 g/mol. The summed E-state index contributed by atoms with van der Waals surface area (Å²) in [6.45, 7) is 6.38. The largest absolute Gasteiger partial charge is 0.364 e. The maximum absolute atomic E-state index is 12.8. The van der Waals surface area contributed by atoms with Crippen molar-refractivity contribution in [2.45, 2.75) is 39.7 Å². The van der Waals surface area contributed by atoms with Gasteiger partial charge in [-0.2, -0.15) is 5.10 Å². The molecule has 1 unspecified atom stereocenters. The normalized spacial score (nSPS) is 18.0. The van der Waals surface area contributed by atoms with E-state index in [1.807, 2.05) is 13.8 Å². The molecule has 6 nitrogen and oxygen atoms in total. The van der Waals surface area contributed by atoms with Crippen LogP contribution in [-0.2, 0) is 0 Å². The minimum Gasteiger partial charge on any atom is -0.364 e. The van der Waals surface area contributed by atoms with Crippen LogP contribution in [0.15, 0.2) is 17.1 Å². The van der Waals surface area contributed by atoms with Crippen LogP contribution in [0, 0.1) is 20.8 Å². The summed E-state index contributed by atoms with van der Waals surface area (Å²) in [5.41, 5.74) is 3.71. The highest BCUT2D eigenvalue weighted by Crippen LogP contribution is 2.35. The van der Waals surface area contributed by atoms with Crippen LogP contribution in [0.3, 0.4) is 0 Å². The molecule has 22 heavy (non-hydrogen) atoms. The van der Waals surface area contributed by atoms with Gasteiger partial charge in [0.25, 0.3) is 5.91 Å². The number of carbonyl (C=O) groups is 1. The van der Waals surface area contributed by atoms with E-state index in [4.69, 9.17) is 0 Å². The number of H-pyrrole nitrogens is 2. The summed E-state index contributed by atoms with van der Waals surface area (Å²) in [5, 5.41) is 7.20. The molecule has 2 aromatic heterocycles. The van der Waals surface area contributed by atoms with E-state index in [1.54, 1.807) is 11.8 Å². The zero-order valence-corrected chi connectivity index (χ0v) is 13.1. The lowest BCUT2D eigenvalue weighted by Gasteiger charge is -2.25. The third-order valence-corrected chi connectivity index (χ3v) is 4.32. The summed E-state index contributed by atoms with van der Waals surface area (Å²) >= 11 is 0. The smallest absolute Gasteiger partial charge is 0.259 e. The molecule has 0 aliphatic carbocycles. The number of nitrogens with one attached hydrogen (secondary N) is 2. The number of nitrogens with zero attached hydrogens (tertiary/aromatic N) is 2. The summed E-state index contributed by atoms with van der Waals surface area (Å²) in [6.07, 6.45) is 3.35. The lowest BCUT2D eigenvalue weighted by Crippen LogP contribution is -2.34. The Morgan fingerprint density at radius 2 is 2.14 bits per heavy atom. The number of likely N-dealkylation sites (tertiary alicyclic amines) is 1. The van der Waals surface area contributed by atoms with Crippen molar-refractivity contribution >= 4 is 5.91 Å². The van der Waals surface area contributed by atoms with Crippen molar-refractivity contribution in [1.82, 2.24) is 20.1 Å². The molecule has 3 rings (SSSR count). The molecule has 0 saturated carbocycles. The maximum Gasteiger partial charge on any atom is 0.259 e. The number of amides is 1. The minimum absolute atomic E-state index is 0.00745. The average Bonchev–Trinajstić information content (AvgIpc) is 3.05. The molecule has 1 aliphatic heterocycles. The zero-order valence-electron chi connectivity index (χ0n) is 13.1. The molecule has 2 N–H and O–H groups in total. The van der Waals surface area contributed by atoms with Gasteiger partial charge in [0.15, 0.2) is 5.43 Å². The van der Waals surface area contributed by atoms with E-state index in [9.17, 15) is 9.59 Å². The zero-order chi connectivity index (χ0) is 15.9. The Morgan fingerprint density at radius 3 is 2.77 bits per heavy atom. The fourth-order valence-electron chi connectivity index (χ4n) is 3.26. The Hall–Kier alpha value is -2.37. The molecule has 6 heteroatoms. The van der Waals surface area contributed by atoms with Crippen molar-refractivity contribution in [3.63, 3.8) is 0 Å². The van der Waals surface area contributed by atoms with E-state index in [-0.39, 0.29) is 22.9 Å². The number of hydrogen-bond acceptors (Lipinski definition) is 3. The van der Waals surface area contributed by atoms with Crippen LogP contribution in [0.25, 0.3) is 0 Å². The summed E-state index contributed by atoms with van der Waals surface area (Å²) < 4.78 is 0. The van der Waals surface area contributed by atoms with Gasteiger partial charge in [0.2, 0.25) is 0 Å². The summed E-state index contributed by atoms with van der Waals surface area (Å²) in [5.74, 6) is -0.205. The number of hydrogen-bond donors (Lipinski definition) is 2. The molecule has 2 aromatic rings. The molecule has 1 amide bonds. The van der Waals surface area contributed by atoms with Crippen LogP contribution in [0.2, 0.25) is 0 Å². The first-order valence-electron chi connectivity index (χ1n) is 7.51. The van der Waals surface area contributed by atoms with Gasteiger partial charge in [0, 0.05) is 35.8 Å². The molecule has 1 saturated heterocycles. The molecule has 1 atom stereocenters. The predicted octanol–water partition coefficient (Wildman–Crippen LogP) is 2.00. The lowest BCUT2D eigenvalue weighted by atomic mass is 10.0. The van der Waals surface area contributed by atoms with Crippen LogP contribution in [0.1, 0.15) is 51.9 Å². The summed E-state index contributed by atoms with van der Waals surface area (Å²) in [6, 6.07) is 1.46. The van der Waals surface area contributed by atoms with Crippen molar-refractivity contribution < 1.29 is 4.79 Å². The standard InChI is InChI=1S/C16H20N4O2/c1-9-7-14(21)12(8-17-9)16(22)20-6-4-5-13(20)15-10(2)18-19-11(15)3/h7-8,13H,4-6H2,1-3H3,(H,17,21)(H,18,19). The second kappa shape index (κ2) is 5.44. The highest BCUT2D eigenvalue weighted by molar-refractivity contribution is 5.94. The van der Waals surface area contributed by atoms with Crippen molar-refractivity contribution in [2.75, 3.05) is 6.54 Å². The van der Waals surface area contributed by atoms with Gasteiger partial charge in [0.05, 0.1) is 11.7 Å². The van der Waals surface area contributed by atoms with Crippen molar-refractivity contribution in [1.29, 1.82) is 0 Å².